The van der Waals surface area contributed by atoms with E-state index in [1.807, 2.05) is 103 Å². The number of aliphatic hydroxyl groups excluding tert-OH is 1. The Labute approximate surface area is 558 Å². The molecule has 3 radical (unpaired) electrons. The van der Waals surface area contributed by atoms with E-state index >= 15 is 0 Å². The van der Waals surface area contributed by atoms with Crippen LogP contribution in [0.25, 0.3) is 22.3 Å². The Morgan fingerprint density at radius 2 is 0.889 bits per heavy atom. The number of aromatic nitrogens is 3. The molecule has 6 heterocycles. The molecule has 0 spiro atoms. The molecule has 3 aromatic heterocycles. The zero-order valence-electron chi connectivity index (χ0n) is 50.5. The first kappa shape index (κ1) is 68.4. The van der Waals surface area contributed by atoms with Crippen LogP contribution in [0, 0.1) is 34.0 Å². The number of carbonyl (C=O) groups is 2. The van der Waals surface area contributed by atoms with Gasteiger partial charge in [-0.25, -0.2) is 15.0 Å². The molecular formula is C69H62B2BrN9NaO8. The van der Waals surface area contributed by atoms with E-state index in [2.05, 4.69) is 82.0 Å². The number of halogens is 1. The molecule has 0 bridgehead atoms. The van der Waals surface area contributed by atoms with Gasteiger partial charge in [0.15, 0.2) is 12.6 Å². The van der Waals surface area contributed by atoms with Crippen LogP contribution in [0.4, 0.5) is 17.1 Å². The number of aldehydes is 2. The van der Waals surface area contributed by atoms with Crippen molar-refractivity contribution < 1.29 is 69.9 Å². The summed E-state index contributed by atoms with van der Waals surface area (Å²) >= 11 is 3.38. The molecule has 0 saturated carbocycles. The zero-order chi connectivity index (χ0) is 61.6. The number of pyridine rings is 3. The van der Waals surface area contributed by atoms with E-state index in [0.717, 1.165) is 107 Å². The van der Waals surface area contributed by atoms with E-state index in [1.54, 1.807) is 60.7 Å². The number of nitrogens with zero attached hydrogens (tertiary/aromatic N) is 9. The summed E-state index contributed by atoms with van der Waals surface area (Å²) in [5.74, 6) is 1.57. The molecule has 445 valence electrons. The Bertz CT molecular complexity index is 3900. The summed E-state index contributed by atoms with van der Waals surface area (Å²) in [5, 5.41) is 53.5. The third-order valence-electron chi connectivity index (χ3n) is 14.7. The summed E-state index contributed by atoms with van der Waals surface area (Å²) in [6.07, 6.45) is 8.94. The Morgan fingerprint density at radius 3 is 1.26 bits per heavy atom. The van der Waals surface area contributed by atoms with Gasteiger partial charge in [0.2, 0.25) is 17.6 Å². The van der Waals surface area contributed by atoms with Crippen molar-refractivity contribution in [3.63, 3.8) is 0 Å². The van der Waals surface area contributed by atoms with Crippen molar-refractivity contribution in [1.29, 1.82) is 15.8 Å². The maximum absolute atomic E-state index is 11.7. The third-order valence-corrected chi connectivity index (χ3v) is 15.2. The van der Waals surface area contributed by atoms with Crippen molar-refractivity contribution in [1.82, 2.24) is 15.0 Å². The number of nitriles is 3. The molecule has 0 aliphatic carbocycles. The molecule has 9 aromatic rings. The first-order valence-corrected chi connectivity index (χ1v) is 29.3. The van der Waals surface area contributed by atoms with Gasteiger partial charge in [0.05, 0.1) is 42.9 Å². The first-order chi connectivity index (χ1) is 43.0. The SMILES string of the molecule is N#Cc1ccc(O[C@H]2CCN(c3ccc(-c4ccccc4)cc3C=O)C2)nc1.N#Cc1ccc(O[C@H]2CCN(c3ccc(-c4ccccc4)cc3CO)C2)nc1.N#Cc1ccc(O[C@H]2CCN(c3ccc(Br)cc3C=O)C2)nc1.OB(O)c1ccccc1.[B].[H-].[Na+]. The minimum absolute atomic E-state index is 0. The summed E-state index contributed by atoms with van der Waals surface area (Å²) in [7, 11) is -1.34. The van der Waals surface area contributed by atoms with E-state index in [1.165, 1.54) is 18.6 Å². The van der Waals surface area contributed by atoms with Gasteiger partial charge in [-0.1, -0.05) is 119 Å². The van der Waals surface area contributed by atoms with Crippen molar-refractivity contribution in [3.8, 4) is 58.1 Å². The van der Waals surface area contributed by atoms with Crippen molar-refractivity contribution in [2.24, 2.45) is 0 Å². The summed E-state index contributed by atoms with van der Waals surface area (Å²) < 4.78 is 18.7. The van der Waals surface area contributed by atoms with E-state index < -0.39 is 7.12 Å². The zero-order valence-corrected chi connectivity index (χ0v) is 53.0. The maximum Gasteiger partial charge on any atom is 1.00 e. The second kappa shape index (κ2) is 34.6. The van der Waals surface area contributed by atoms with Gasteiger partial charge in [-0.15, -0.1) is 0 Å². The van der Waals surface area contributed by atoms with Crippen LogP contribution in [0.1, 0.15) is 63.7 Å². The van der Waals surface area contributed by atoms with E-state index in [0.29, 0.717) is 64.0 Å². The number of benzene rings is 6. The fourth-order valence-corrected chi connectivity index (χ4v) is 10.7. The molecule has 3 saturated heterocycles. The molecular weight excluding hydrogens is 1210 g/mol. The first-order valence-electron chi connectivity index (χ1n) is 28.5. The molecule has 17 nitrogen and oxygen atoms in total. The predicted octanol–water partition coefficient (Wildman–Crippen LogP) is 7.15. The largest absolute Gasteiger partial charge is 1.00 e. The standard InChI is InChI=1S/C23H21N3O2.C23H19N3O2.C17H14BrN3O2.C6H7BO2.B.Na.H/c2*24-13-17-6-9-23(25-14-17)28-21-10-11-26(15-21)22-8-7-19(12-20(22)16-27)18-4-2-1-3-5-18;18-14-2-3-16(13(7-14)11-22)21-6-5-15(10-21)23-17-4-1-12(8-19)9-20-17;8-7(9)6-4-2-1-3-5-6;;;/h1-9,12,14,21,27H,10-11,15-16H2;1-9,12,14,16,21H,10-11,15H2;1-4,7,9,11,15H,5-6,10H2;1-5,8-9H;;;/q;;;;;+1;-1/t2*21-;15-;;;;/m000..../s1. The monoisotopic (exact) mass is 1270 g/mol. The fourth-order valence-electron chi connectivity index (χ4n) is 10.3. The quantitative estimate of drug-likeness (QED) is 0.0682. The second-order valence-corrected chi connectivity index (χ2v) is 21.6. The van der Waals surface area contributed by atoms with Gasteiger partial charge < -0.3 is 45.5 Å². The maximum atomic E-state index is 11.7. The Hall–Kier alpha value is -9.13. The van der Waals surface area contributed by atoms with Crippen LogP contribution in [0.5, 0.6) is 17.6 Å². The van der Waals surface area contributed by atoms with E-state index in [9.17, 15) is 14.7 Å². The van der Waals surface area contributed by atoms with Crippen LogP contribution >= 0.6 is 15.9 Å². The van der Waals surface area contributed by atoms with Crippen LogP contribution in [0.3, 0.4) is 0 Å². The van der Waals surface area contributed by atoms with Crippen LogP contribution < -0.4 is 63.9 Å². The smallest absolute Gasteiger partial charge is 1.00 e. The van der Waals surface area contributed by atoms with Gasteiger partial charge in [0.1, 0.15) is 36.5 Å². The molecule has 90 heavy (non-hydrogen) atoms. The van der Waals surface area contributed by atoms with E-state index in [4.69, 9.17) is 40.0 Å². The molecule has 3 atom stereocenters. The molecule has 3 aliphatic rings. The molecule has 0 amide bonds. The number of rotatable bonds is 15. The molecule has 3 N–H and O–H groups in total. The molecule has 12 rings (SSSR count). The second-order valence-electron chi connectivity index (χ2n) is 20.6. The van der Waals surface area contributed by atoms with Gasteiger partial charge in [0, 0.05) is 122 Å². The topological polar surface area (TPSA) is 242 Å². The summed E-state index contributed by atoms with van der Waals surface area (Å²) in [6.45, 7) is 4.61. The van der Waals surface area contributed by atoms with E-state index in [-0.39, 0.29) is 64.3 Å². The van der Waals surface area contributed by atoms with Crippen molar-refractivity contribution in [3.05, 3.63) is 238 Å². The van der Waals surface area contributed by atoms with Crippen LogP contribution in [0.2, 0.25) is 0 Å². The molecule has 3 aliphatic heterocycles. The fraction of sp³-hybridized carbons (Fsp3) is 0.188. The summed E-state index contributed by atoms with van der Waals surface area (Å²) in [6, 6.07) is 63.2. The average Bonchev–Trinajstić information content (AvgIpc) is 2.19. The minimum atomic E-state index is -1.34. The average molecular weight is 1270 g/mol. The van der Waals surface area contributed by atoms with Gasteiger partial charge in [-0.3, -0.25) is 9.59 Å². The normalized spacial score (nSPS) is 15.1. The number of ether oxygens (including phenoxy) is 3. The Morgan fingerprint density at radius 1 is 0.511 bits per heavy atom. The Balaban J connectivity index is 0.000000200. The Kier molecular flexibility index (Phi) is 26.3. The third kappa shape index (κ3) is 18.9. The van der Waals surface area contributed by atoms with Crippen molar-refractivity contribution in [2.45, 2.75) is 44.2 Å². The van der Waals surface area contributed by atoms with Crippen LogP contribution in [-0.4, -0.2) is 116 Å². The molecule has 6 aromatic carbocycles. The number of hydrogen-bond acceptors (Lipinski definition) is 17. The van der Waals surface area contributed by atoms with Gasteiger partial charge in [0.25, 0.3) is 0 Å². The number of anilines is 3. The van der Waals surface area contributed by atoms with Crippen molar-refractivity contribution in [2.75, 3.05) is 54.0 Å². The number of hydrogen-bond donors (Lipinski definition) is 3. The van der Waals surface area contributed by atoms with Gasteiger partial charge in [-0.05, 0) is 88.4 Å². The summed E-state index contributed by atoms with van der Waals surface area (Å²) in [5.41, 5.74) is 11.6. The van der Waals surface area contributed by atoms with Gasteiger partial charge >= 0.3 is 36.7 Å². The van der Waals surface area contributed by atoms with Gasteiger partial charge in [-0.2, -0.15) is 15.8 Å². The minimum Gasteiger partial charge on any atom is -1.00 e. The predicted molar refractivity (Wildman–Crippen MR) is 348 cm³/mol. The van der Waals surface area contributed by atoms with Crippen LogP contribution in [0.15, 0.2) is 205 Å². The van der Waals surface area contributed by atoms with Crippen molar-refractivity contribution >= 4 is 66.6 Å². The van der Waals surface area contributed by atoms with Crippen LogP contribution in [-0.2, 0) is 6.61 Å². The molecule has 0 unspecified atom stereocenters. The number of carbonyl (C=O) groups excluding carboxylic acids is 2. The number of aliphatic hydroxyl groups is 1. The molecule has 21 heteroatoms. The summed E-state index contributed by atoms with van der Waals surface area (Å²) in [4.78, 5) is 42.0. The molecule has 3 fully saturated rings.